The van der Waals surface area contributed by atoms with E-state index in [4.69, 9.17) is 0 Å². The fraction of sp³-hybridized carbons (Fsp3) is 0.647. The van der Waals surface area contributed by atoms with Crippen LogP contribution in [0.15, 0.2) is 30.3 Å². The molecule has 2 rings (SSSR count). The van der Waals surface area contributed by atoms with Gasteiger partial charge in [-0.15, -0.1) is 0 Å². The van der Waals surface area contributed by atoms with E-state index in [0.29, 0.717) is 0 Å². The van der Waals surface area contributed by atoms with Gasteiger partial charge in [-0.25, -0.2) is 0 Å². The van der Waals surface area contributed by atoms with Gasteiger partial charge in [-0.05, 0) is 56.6 Å². The molecule has 18 heavy (non-hydrogen) atoms. The van der Waals surface area contributed by atoms with E-state index in [1.165, 1.54) is 57.1 Å². The summed E-state index contributed by atoms with van der Waals surface area (Å²) in [6, 6.07) is 11.7. The minimum Gasteiger partial charge on any atom is -0.314 e. The predicted molar refractivity (Wildman–Crippen MR) is 78.8 cm³/mol. The third-order valence-corrected chi connectivity index (χ3v) is 4.14. The Labute approximate surface area is 112 Å². The summed E-state index contributed by atoms with van der Waals surface area (Å²) >= 11 is 0. The number of aryl methyl sites for hydroxylation is 1. The monoisotopic (exact) mass is 245 g/mol. The first-order valence-corrected chi connectivity index (χ1v) is 7.65. The summed E-state index contributed by atoms with van der Waals surface area (Å²) in [7, 11) is 0. The molecule has 0 amide bonds. The largest absolute Gasteiger partial charge is 0.314 e. The SMILES string of the molecule is CCCNC1CCC(CCCc2ccccc2)C1. The van der Waals surface area contributed by atoms with E-state index in [9.17, 15) is 0 Å². The predicted octanol–water partition coefficient (Wildman–Crippen LogP) is 4.18. The molecule has 2 unspecified atom stereocenters. The van der Waals surface area contributed by atoms with Crippen LogP contribution in [0, 0.1) is 5.92 Å². The Bertz CT molecular complexity index is 320. The van der Waals surface area contributed by atoms with Crippen molar-refractivity contribution in [3.8, 4) is 0 Å². The maximum Gasteiger partial charge on any atom is 0.00698 e. The zero-order valence-corrected chi connectivity index (χ0v) is 11.7. The lowest BCUT2D eigenvalue weighted by atomic mass is 9.98. The first-order chi connectivity index (χ1) is 8.88. The highest BCUT2D eigenvalue weighted by Crippen LogP contribution is 2.29. The Morgan fingerprint density at radius 2 is 2.00 bits per heavy atom. The molecule has 1 aromatic rings. The summed E-state index contributed by atoms with van der Waals surface area (Å²) < 4.78 is 0. The van der Waals surface area contributed by atoms with E-state index in [1.54, 1.807) is 0 Å². The van der Waals surface area contributed by atoms with Gasteiger partial charge in [0.15, 0.2) is 0 Å². The van der Waals surface area contributed by atoms with E-state index < -0.39 is 0 Å². The molecule has 0 saturated heterocycles. The highest BCUT2D eigenvalue weighted by atomic mass is 14.9. The molecule has 1 heteroatoms. The van der Waals surface area contributed by atoms with Crippen molar-refractivity contribution < 1.29 is 0 Å². The van der Waals surface area contributed by atoms with Gasteiger partial charge in [0.1, 0.15) is 0 Å². The molecule has 1 saturated carbocycles. The molecule has 0 radical (unpaired) electrons. The lowest BCUT2D eigenvalue weighted by Crippen LogP contribution is -2.26. The molecule has 1 aliphatic rings. The summed E-state index contributed by atoms with van der Waals surface area (Å²) in [5.41, 5.74) is 1.50. The van der Waals surface area contributed by atoms with Gasteiger partial charge in [0.05, 0.1) is 0 Å². The standard InChI is InChI=1S/C17H27N/c1-2-13-18-17-12-11-16(14-17)10-6-9-15-7-4-3-5-8-15/h3-5,7-8,16-18H,2,6,9-14H2,1H3. The molecular weight excluding hydrogens is 218 g/mol. The Morgan fingerprint density at radius 1 is 1.17 bits per heavy atom. The Morgan fingerprint density at radius 3 is 2.78 bits per heavy atom. The van der Waals surface area contributed by atoms with Crippen LogP contribution < -0.4 is 5.32 Å². The molecule has 1 fully saturated rings. The third-order valence-electron chi connectivity index (χ3n) is 4.14. The van der Waals surface area contributed by atoms with Crippen molar-refractivity contribution in [2.75, 3.05) is 6.54 Å². The van der Waals surface area contributed by atoms with Gasteiger partial charge in [0.2, 0.25) is 0 Å². The van der Waals surface area contributed by atoms with Crippen LogP contribution in [-0.4, -0.2) is 12.6 Å². The fourth-order valence-electron chi connectivity index (χ4n) is 3.11. The molecule has 0 aliphatic heterocycles. The normalized spacial score (nSPS) is 23.4. The van der Waals surface area contributed by atoms with Crippen molar-refractivity contribution in [1.82, 2.24) is 5.32 Å². The second-order valence-corrected chi connectivity index (χ2v) is 5.71. The Kier molecular flexibility index (Phi) is 5.73. The first kappa shape index (κ1) is 13.6. The Hall–Kier alpha value is -0.820. The van der Waals surface area contributed by atoms with E-state index in [-0.39, 0.29) is 0 Å². The Balaban J connectivity index is 1.60. The molecule has 0 bridgehead atoms. The summed E-state index contributed by atoms with van der Waals surface area (Å²) in [5.74, 6) is 0.975. The molecule has 2 atom stereocenters. The van der Waals surface area contributed by atoms with Crippen LogP contribution in [0.2, 0.25) is 0 Å². The van der Waals surface area contributed by atoms with Crippen LogP contribution in [0.3, 0.4) is 0 Å². The van der Waals surface area contributed by atoms with E-state index in [1.807, 2.05) is 0 Å². The maximum absolute atomic E-state index is 3.67. The molecule has 100 valence electrons. The van der Waals surface area contributed by atoms with Gasteiger partial charge in [0, 0.05) is 6.04 Å². The molecular formula is C17H27N. The quantitative estimate of drug-likeness (QED) is 0.760. The van der Waals surface area contributed by atoms with Crippen molar-refractivity contribution in [2.24, 2.45) is 5.92 Å². The fourth-order valence-corrected chi connectivity index (χ4v) is 3.11. The van der Waals surface area contributed by atoms with Crippen LogP contribution in [0.5, 0.6) is 0 Å². The molecule has 1 aromatic carbocycles. The summed E-state index contributed by atoms with van der Waals surface area (Å²) in [5, 5.41) is 3.67. The van der Waals surface area contributed by atoms with Crippen LogP contribution in [0.25, 0.3) is 0 Å². The number of nitrogens with one attached hydrogen (secondary N) is 1. The van der Waals surface area contributed by atoms with Crippen LogP contribution in [0.4, 0.5) is 0 Å². The van der Waals surface area contributed by atoms with Gasteiger partial charge in [-0.1, -0.05) is 43.7 Å². The van der Waals surface area contributed by atoms with E-state index in [0.717, 1.165) is 12.0 Å². The maximum atomic E-state index is 3.67. The minimum absolute atomic E-state index is 0.812. The van der Waals surface area contributed by atoms with Crippen LogP contribution >= 0.6 is 0 Å². The summed E-state index contributed by atoms with van der Waals surface area (Å²) in [6.07, 6.45) is 9.54. The smallest absolute Gasteiger partial charge is 0.00698 e. The number of rotatable bonds is 7. The molecule has 0 aromatic heterocycles. The third kappa shape index (κ3) is 4.45. The second kappa shape index (κ2) is 7.58. The van der Waals surface area contributed by atoms with Gasteiger partial charge >= 0.3 is 0 Å². The van der Waals surface area contributed by atoms with E-state index >= 15 is 0 Å². The van der Waals surface area contributed by atoms with E-state index in [2.05, 4.69) is 42.6 Å². The zero-order chi connectivity index (χ0) is 12.6. The molecule has 1 aliphatic carbocycles. The highest BCUT2D eigenvalue weighted by Gasteiger charge is 2.23. The zero-order valence-electron chi connectivity index (χ0n) is 11.7. The van der Waals surface area contributed by atoms with Crippen molar-refractivity contribution >= 4 is 0 Å². The number of benzene rings is 1. The number of hydrogen-bond donors (Lipinski definition) is 1. The molecule has 0 heterocycles. The highest BCUT2D eigenvalue weighted by molar-refractivity contribution is 5.14. The van der Waals surface area contributed by atoms with Crippen molar-refractivity contribution in [3.63, 3.8) is 0 Å². The van der Waals surface area contributed by atoms with Crippen LogP contribution in [0.1, 0.15) is 51.0 Å². The topological polar surface area (TPSA) is 12.0 Å². The van der Waals surface area contributed by atoms with Gasteiger partial charge in [-0.3, -0.25) is 0 Å². The summed E-state index contributed by atoms with van der Waals surface area (Å²) in [4.78, 5) is 0. The van der Waals surface area contributed by atoms with Gasteiger partial charge in [-0.2, -0.15) is 0 Å². The minimum atomic E-state index is 0.812. The van der Waals surface area contributed by atoms with Crippen LogP contribution in [-0.2, 0) is 6.42 Å². The van der Waals surface area contributed by atoms with Crippen molar-refractivity contribution in [1.29, 1.82) is 0 Å². The van der Waals surface area contributed by atoms with Gasteiger partial charge < -0.3 is 5.32 Å². The molecule has 0 spiro atoms. The molecule has 1 nitrogen and oxygen atoms in total. The summed E-state index contributed by atoms with van der Waals surface area (Å²) in [6.45, 7) is 3.45. The average Bonchev–Trinajstić information content (AvgIpc) is 2.85. The van der Waals surface area contributed by atoms with Crippen molar-refractivity contribution in [2.45, 2.75) is 57.9 Å². The van der Waals surface area contributed by atoms with Gasteiger partial charge in [0.25, 0.3) is 0 Å². The van der Waals surface area contributed by atoms with Crippen molar-refractivity contribution in [3.05, 3.63) is 35.9 Å². The first-order valence-electron chi connectivity index (χ1n) is 7.65. The average molecular weight is 245 g/mol. The molecule has 1 N–H and O–H groups in total. The lowest BCUT2D eigenvalue weighted by molar-refractivity contribution is 0.453. The second-order valence-electron chi connectivity index (χ2n) is 5.71. The lowest BCUT2D eigenvalue weighted by Gasteiger charge is -2.12. The number of hydrogen-bond acceptors (Lipinski definition) is 1.